The maximum Gasteiger partial charge on any atom is 0.0724 e. The van der Waals surface area contributed by atoms with Crippen LogP contribution in [-0.4, -0.2) is 4.57 Å². The molecule has 0 unspecified atom stereocenters. The second-order valence-corrected chi connectivity index (χ2v) is 13.0. The van der Waals surface area contributed by atoms with Crippen LogP contribution in [0.15, 0.2) is 200 Å². The second-order valence-electron chi connectivity index (χ2n) is 13.0. The van der Waals surface area contributed by atoms with E-state index in [9.17, 15) is 0 Å². The van der Waals surface area contributed by atoms with Crippen LogP contribution in [0.3, 0.4) is 0 Å². The van der Waals surface area contributed by atoms with Crippen molar-refractivity contribution in [3.63, 3.8) is 0 Å². The molecule has 0 aliphatic carbocycles. The van der Waals surface area contributed by atoms with Gasteiger partial charge in [0.25, 0.3) is 0 Å². The highest BCUT2D eigenvalue weighted by molar-refractivity contribution is 6.15. The number of hydrogen-bond acceptors (Lipinski definition) is 2. The molecule has 51 heavy (non-hydrogen) atoms. The number of fused-ring (bicyclic) bond motifs is 5. The van der Waals surface area contributed by atoms with E-state index in [4.69, 9.17) is 0 Å². The largest absolute Gasteiger partial charge is 0.309 e. The fraction of sp³-hybridized carbons (Fsp3) is 0. The van der Waals surface area contributed by atoms with Gasteiger partial charge in [0.2, 0.25) is 0 Å². The molecule has 1 aromatic heterocycles. The average Bonchev–Trinajstić information content (AvgIpc) is 3.53. The minimum Gasteiger partial charge on any atom is -0.309 e. The Balaban J connectivity index is 1.30. The highest BCUT2D eigenvalue weighted by atomic mass is 15.3. The van der Waals surface area contributed by atoms with Crippen LogP contribution < -0.4 is 9.80 Å². The van der Waals surface area contributed by atoms with Gasteiger partial charge in [0.15, 0.2) is 0 Å². The Bertz CT molecular complexity index is 2620. The zero-order chi connectivity index (χ0) is 33.7. The van der Waals surface area contributed by atoms with E-state index in [0.29, 0.717) is 0 Å². The lowest BCUT2D eigenvalue weighted by atomic mass is 9.98. The molecule has 2 heterocycles. The standard InChI is InChI=1S/C48H33N3/c1-5-17-34(18-6-1)36-29-37(35-19-7-2-8-20-35)31-40(30-36)51-43-26-14-13-25-41(43)42-32-47-48(33-46(42)51)50(39-23-11-4-12-24-39)45-28-16-15-27-44(45)49(47)38-21-9-3-10-22-38/h1-33H. The van der Waals surface area contributed by atoms with Gasteiger partial charge in [0.1, 0.15) is 0 Å². The summed E-state index contributed by atoms with van der Waals surface area (Å²) in [4.78, 5) is 4.83. The van der Waals surface area contributed by atoms with E-state index in [0.717, 1.165) is 45.3 Å². The zero-order valence-corrected chi connectivity index (χ0v) is 27.9. The van der Waals surface area contributed by atoms with Crippen molar-refractivity contribution in [2.75, 3.05) is 9.80 Å². The molecule has 0 saturated heterocycles. The number of aromatic nitrogens is 1. The number of rotatable bonds is 5. The van der Waals surface area contributed by atoms with Crippen molar-refractivity contribution in [1.29, 1.82) is 0 Å². The summed E-state index contributed by atoms with van der Waals surface area (Å²) in [6, 6.07) is 72.2. The Morgan fingerprint density at radius 1 is 0.255 bits per heavy atom. The van der Waals surface area contributed by atoms with Gasteiger partial charge in [-0.15, -0.1) is 0 Å². The molecule has 1 aliphatic heterocycles. The molecule has 9 aromatic rings. The summed E-state index contributed by atoms with van der Waals surface area (Å²) in [6.07, 6.45) is 0. The van der Waals surface area contributed by atoms with Gasteiger partial charge in [-0.1, -0.05) is 127 Å². The van der Waals surface area contributed by atoms with Crippen molar-refractivity contribution >= 4 is 55.9 Å². The minimum absolute atomic E-state index is 1.12. The number of hydrogen-bond donors (Lipinski definition) is 0. The third-order valence-electron chi connectivity index (χ3n) is 10.0. The summed E-state index contributed by atoms with van der Waals surface area (Å²) in [6.45, 7) is 0. The first-order valence-electron chi connectivity index (χ1n) is 17.4. The van der Waals surface area contributed by atoms with Crippen molar-refractivity contribution < 1.29 is 0 Å². The summed E-state index contributed by atoms with van der Waals surface area (Å²) < 4.78 is 2.46. The number of benzene rings is 8. The first kappa shape index (κ1) is 29.1. The lowest BCUT2D eigenvalue weighted by Crippen LogP contribution is -2.24. The second kappa shape index (κ2) is 11.9. The number of anilines is 6. The Morgan fingerprint density at radius 2 is 0.706 bits per heavy atom. The van der Waals surface area contributed by atoms with Gasteiger partial charge in [0.05, 0.1) is 33.8 Å². The van der Waals surface area contributed by atoms with E-state index in [1.54, 1.807) is 0 Å². The first-order chi connectivity index (χ1) is 25.3. The van der Waals surface area contributed by atoms with E-state index >= 15 is 0 Å². The normalized spacial score (nSPS) is 12.2. The monoisotopic (exact) mass is 651 g/mol. The summed E-state index contributed by atoms with van der Waals surface area (Å²) in [7, 11) is 0. The van der Waals surface area contributed by atoms with E-state index in [2.05, 4.69) is 215 Å². The Morgan fingerprint density at radius 3 is 1.25 bits per heavy atom. The van der Waals surface area contributed by atoms with Gasteiger partial charge in [-0.05, 0) is 95.1 Å². The Labute approximate surface area is 297 Å². The molecule has 0 saturated carbocycles. The summed E-state index contributed by atoms with van der Waals surface area (Å²) >= 11 is 0. The molecule has 0 atom stereocenters. The lowest BCUT2D eigenvalue weighted by Gasteiger charge is -2.40. The van der Waals surface area contributed by atoms with Crippen LogP contribution in [-0.2, 0) is 0 Å². The molecular formula is C48H33N3. The molecule has 8 aromatic carbocycles. The third kappa shape index (κ3) is 4.82. The van der Waals surface area contributed by atoms with Crippen LogP contribution >= 0.6 is 0 Å². The summed E-state index contributed by atoms with van der Waals surface area (Å²) in [5.41, 5.74) is 15.0. The maximum atomic E-state index is 2.46. The van der Waals surface area contributed by atoms with Crippen LogP contribution in [0.2, 0.25) is 0 Å². The molecule has 10 rings (SSSR count). The summed E-state index contributed by atoms with van der Waals surface area (Å²) in [5.74, 6) is 0. The van der Waals surface area contributed by atoms with Gasteiger partial charge in [-0.3, -0.25) is 0 Å². The molecule has 0 N–H and O–H groups in total. The molecule has 0 spiro atoms. The topological polar surface area (TPSA) is 11.4 Å². The lowest BCUT2D eigenvalue weighted by molar-refractivity contribution is 1.16. The molecule has 0 bridgehead atoms. The van der Waals surface area contributed by atoms with Gasteiger partial charge >= 0.3 is 0 Å². The van der Waals surface area contributed by atoms with Crippen LogP contribution in [0.25, 0.3) is 49.7 Å². The summed E-state index contributed by atoms with van der Waals surface area (Å²) in [5, 5.41) is 2.43. The molecule has 0 radical (unpaired) electrons. The van der Waals surface area contributed by atoms with Crippen molar-refractivity contribution in [2.24, 2.45) is 0 Å². The average molecular weight is 652 g/mol. The van der Waals surface area contributed by atoms with Gasteiger partial charge in [0, 0.05) is 27.8 Å². The highest BCUT2D eigenvalue weighted by Crippen LogP contribution is 2.55. The van der Waals surface area contributed by atoms with E-state index in [1.165, 1.54) is 38.5 Å². The third-order valence-corrected chi connectivity index (χ3v) is 10.0. The van der Waals surface area contributed by atoms with Crippen molar-refractivity contribution in [1.82, 2.24) is 4.57 Å². The first-order valence-corrected chi connectivity index (χ1v) is 17.4. The fourth-order valence-electron chi connectivity index (χ4n) is 7.78. The van der Waals surface area contributed by atoms with Gasteiger partial charge in [-0.2, -0.15) is 0 Å². The van der Waals surface area contributed by atoms with Gasteiger partial charge in [-0.25, -0.2) is 0 Å². The Hall–Kier alpha value is -6.84. The quantitative estimate of drug-likeness (QED) is 0.183. The highest BCUT2D eigenvalue weighted by Gasteiger charge is 2.32. The SMILES string of the molecule is c1ccc(-c2cc(-c3ccccc3)cc(-n3c4ccccc4c4cc5c(cc43)N(c3ccccc3)c3ccccc3N5c3ccccc3)c2)cc1. The van der Waals surface area contributed by atoms with Crippen LogP contribution in [0.5, 0.6) is 0 Å². The fourth-order valence-corrected chi connectivity index (χ4v) is 7.78. The van der Waals surface area contributed by atoms with Gasteiger partial charge < -0.3 is 14.4 Å². The van der Waals surface area contributed by atoms with Crippen LogP contribution in [0, 0.1) is 0 Å². The predicted octanol–water partition coefficient (Wildman–Crippen LogP) is 13.4. The van der Waals surface area contributed by atoms with Crippen LogP contribution in [0.1, 0.15) is 0 Å². The van der Waals surface area contributed by atoms with Crippen molar-refractivity contribution in [3.8, 4) is 27.9 Å². The predicted molar refractivity (Wildman–Crippen MR) is 215 cm³/mol. The van der Waals surface area contributed by atoms with E-state index in [-0.39, 0.29) is 0 Å². The van der Waals surface area contributed by atoms with E-state index in [1.807, 2.05) is 0 Å². The number of nitrogens with zero attached hydrogens (tertiary/aromatic N) is 3. The number of para-hydroxylation sites is 5. The molecule has 3 nitrogen and oxygen atoms in total. The van der Waals surface area contributed by atoms with E-state index < -0.39 is 0 Å². The van der Waals surface area contributed by atoms with Crippen molar-refractivity contribution in [3.05, 3.63) is 200 Å². The van der Waals surface area contributed by atoms with Crippen molar-refractivity contribution in [2.45, 2.75) is 0 Å². The molecule has 3 heteroatoms. The smallest absolute Gasteiger partial charge is 0.0724 e. The minimum atomic E-state index is 1.12. The molecular weight excluding hydrogens is 619 g/mol. The Kier molecular flexibility index (Phi) is 6.81. The molecule has 0 amide bonds. The van der Waals surface area contributed by atoms with Crippen LogP contribution in [0.4, 0.5) is 34.1 Å². The zero-order valence-electron chi connectivity index (χ0n) is 27.9. The molecule has 240 valence electrons. The molecule has 1 aliphatic rings. The molecule has 0 fully saturated rings. The maximum absolute atomic E-state index is 2.46.